The number of ether oxygens (including phenoxy) is 1. The Labute approximate surface area is 99.8 Å². The molecule has 1 aromatic heterocycles. The summed E-state index contributed by atoms with van der Waals surface area (Å²) in [4.78, 5) is 8.27. The van der Waals surface area contributed by atoms with Crippen LogP contribution in [0.2, 0.25) is 5.15 Å². The lowest BCUT2D eigenvalue weighted by atomic mass is 10.4. The molecule has 6 heteroatoms. The maximum absolute atomic E-state index is 8.65. The number of hydrogen-bond acceptors (Lipinski definition) is 5. The molecule has 0 radical (unpaired) electrons. The number of anilines is 1. The Hall–Kier alpha value is -0.910. The van der Waals surface area contributed by atoms with E-state index in [0.29, 0.717) is 43.0 Å². The van der Waals surface area contributed by atoms with Gasteiger partial charge in [-0.15, -0.1) is 0 Å². The fraction of sp³-hybridized carbons (Fsp3) is 0.600. The first-order valence-corrected chi connectivity index (χ1v) is 5.60. The van der Waals surface area contributed by atoms with Crippen molar-refractivity contribution >= 4 is 17.4 Å². The molecule has 0 spiro atoms. The first-order chi connectivity index (χ1) is 7.76. The van der Waals surface area contributed by atoms with Crippen LogP contribution in [0.25, 0.3) is 0 Å². The van der Waals surface area contributed by atoms with Crippen molar-refractivity contribution in [3.8, 4) is 0 Å². The minimum atomic E-state index is 0.150. The van der Waals surface area contributed by atoms with Crippen LogP contribution in [-0.4, -0.2) is 34.8 Å². The third-order valence-electron chi connectivity index (χ3n) is 1.82. The van der Waals surface area contributed by atoms with Crippen molar-refractivity contribution in [2.75, 3.05) is 25.1 Å². The molecular formula is C10H16ClN3O2. The topological polar surface area (TPSA) is 67.3 Å². The summed E-state index contributed by atoms with van der Waals surface area (Å²) in [6.45, 7) is 3.68. The van der Waals surface area contributed by atoms with E-state index in [0.717, 1.165) is 0 Å². The first kappa shape index (κ1) is 13.2. The van der Waals surface area contributed by atoms with E-state index in [9.17, 15) is 0 Å². The van der Waals surface area contributed by atoms with Crippen molar-refractivity contribution < 1.29 is 9.84 Å². The van der Waals surface area contributed by atoms with Gasteiger partial charge < -0.3 is 15.2 Å². The van der Waals surface area contributed by atoms with Gasteiger partial charge in [0, 0.05) is 25.8 Å². The number of aromatic nitrogens is 2. The quantitative estimate of drug-likeness (QED) is 0.562. The lowest BCUT2D eigenvalue weighted by Gasteiger charge is -2.07. The fourth-order valence-corrected chi connectivity index (χ4v) is 1.31. The van der Waals surface area contributed by atoms with Gasteiger partial charge in [-0.05, 0) is 13.3 Å². The molecule has 90 valence electrons. The molecule has 0 aromatic carbocycles. The summed E-state index contributed by atoms with van der Waals surface area (Å²) in [6, 6.07) is 1.65. The summed E-state index contributed by atoms with van der Waals surface area (Å²) in [5.74, 6) is 1.21. The molecule has 2 N–H and O–H groups in total. The van der Waals surface area contributed by atoms with Gasteiger partial charge in [0.25, 0.3) is 0 Å². The highest BCUT2D eigenvalue weighted by atomic mass is 35.5. The van der Waals surface area contributed by atoms with Crippen molar-refractivity contribution in [3.63, 3.8) is 0 Å². The minimum Gasteiger partial charge on any atom is -0.396 e. The van der Waals surface area contributed by atoms with Crippen LogP contribution in [0, 0.1) is 0 Å². The van der Waals surface area contributed by atoms with E-state index < -0.39 is 0 Å². The molecule has 0 aliphatic rings. The van der Waals surface area contributed by atoms with Crippen LogP contribution >= 0.6 is 11.6 Å². The van der Waals surface area contributed by atoms with Gasteiger partial charge in [-0.3, -0.25) is 0 Å². The van der Waals surface area contributed by atoms with Crippen LogP contribution in [0.15, 0.2) is 6.07 Å². The summed E-state index contributed by atoms with van der Waals surface area (Å²) in [7, 11) is 0. The van der Waals surface area contributed by atoms with Crippen LogP contribution in [0.3, 0.4) is 0 Å². The smallest absolute Gasteiger partial charge is 0.158 e. The Kier molecular flexibility index (Phi) is 6.07. The van der Waals surface area contributed by atoms with E-state index in [2.05, 4.69) is 15.3 Å². The minimum absolute atomic E-state index is 0.150. The highest BCUT2D eigenvalue weighted by molar-refractivity contribution is 6.29. The monoisotopic (exact) mass is 245 g/mol. The zero-order valence-corrected chi connectivity index (χ0v) is 10.00. The van der Waals surface area contributed by atoms with Gasteiger partial charge in [0.05, 0.1) is 0 Å². The second-order valence-electron chi connectivity index (χ2n) is 3.13. The average molecular weight is 246 g/mol. The van der Waals surface area contributed by atoms with Crippen LogP contribution in [0.5, 0.6) is 0 Å². The molecule has 0 aliphatic carbocycles. The molecule has 0 aliphatic heterocycles. The third kappa shape index (κ3) is 4.74. The number of halogens is 1. The van der Waals surface area contributed by atoms with Crippen LogP contribution in [-0.2, 0) is 11.3 Å². The van der Waals surface area contributed by atoms with E-state index in [1.165, 1.54) is 0 Å². The maximum Gasteiger partial charge on any atom is 0.158 e. The molecule has 0 amide bonds. The summed E-state index contributed by atoms with van der Waals surface area (Å²) < 4.78 is 5.20. The summed E-state index contributed by atoms with van der Waals surface area (Å²) >= 11 is 5.85. The Balaban J connectivity index is 2.58. The Morgan fingerprint density at radius 3 is 3.00 bits per heavy atom. The Morgan fingerprint density at radius 2 is 2.31 bits per heavy atom. The molecule has 0 saturated carbocycles. The highest BCUT2D eigenvalue weighted by Gasteiger charge is 2.02. The maximum atomic E-state index is 8.65. The van der Waals surface area contributed by atoms with Gasteiger partial charge in [0.2, 0.25) is 0 Å². The SMILES string of the molecule is CCOCc1nc(Cl)cc(NCCCO)n1. The molecule has 0 atom stereocenters. The number of nitrogens with zero attached hydrogens (tertiary/aromatic N) is 2. The second kappa shape index (κ2) is 7.38. The molecule has 0 unspecified atom stereocenters. The van der Waals surface area contributed by atoms with Crippen molar-refractivity contribution in [3.05, 3.63) is 17.0 Å². The Morgan fingerprint density at radius 1 is 1.50 bits per heavy atom. The molecule has 0 fully saturated rings. The molecule has 1 heterocycles. The first-order valence-electron chi connectivity index (χ1n) is 5.22. The molecular weight excluding hydrogens is 230 g/mol. The second-order valence-corrected chi connectivity index (χ2v) is 3.52. The van der Waals surface area contributed by atoms with Crippen LogP contribution < -0.4 is 5.32 Å². The van der Waals surface area contributed by atoms with Crippen molar-refractivity contribution in [1.82, 2.24) is 9.97 Å². The van der Waals surface area contributed by atoms with E-state index in [1.807, 2.05) is 6.92 Å². The number of rotatable bonds is 7. The van der Waals surface area contributed by atoms with Crippen LogP contribution in [0.1, 0.15) is 19.2 Å². The number of nitrogens with one attached hydrogen (secondary N) is 1. The van der Waals surface area contributed by atoms with Gasteiger partial charge in [-0.1, -0.05) is 11.6 Å². The molecule has 1 aromatic rings. The van der Waals surface area contributed by atoms with E-state index in [4.69, 9.17) is 21.4 Å². The molecule has 5 nitrogen and oxygen atoms in total. The van der Waals surface area contributed by atoms with Gasteiger partial charge in [0.15, 0.2) is 5.82 Å². The van der Waals surface area contributed by atoms with Crippen LogP contribution in [0.4, 0.5) is 5.82 Å². The fourth-order valence-electron chi connectivity index (χ4n) is 1.11. The summed E-state index contributed by atoms with van der Waals surface area (Å²) in [6.07, 6.45) is 0.669. The molecule has 0 saturated heterocycles. The van der Waals surface area contributed by atoms with E-state index in [-0.39, 0.29) is 6.61 Å². The highest BCUT2D eigenvalue weighted by Crippen LogP contribution is 2.12. The zero-order valence-electron chi connectivity index (χ0n) is 9.24. The number of hydrogen-bond donors (Lipinski definition) is 2. The van der Waals surface area contributed by atoms with Gasteiger partial charge in [0.1, 0.15) is 17.6 Å². The number of aliphatic hydroxyl groups is 1. The number of aliphatic hydroxyl groups excluding tert-OH is 1. The zero-order chi connectivity index (χ0) is 11.8. The van der Waals surface area contributed by atoms with Crippen molar-refractivity contribution in [1.29, 1.82) is 0 Å². The van der Waals surface area contributed by atoms with Crippen molar-refractivity contribution in [2.45, 2.75) is 20.0 Å². The largest absolute Gasteiger partial charge is 0.396 e. The lowest BCUT2D eigenvalue weighted by Crippen LogP contribution is -2.08. The normalized spacial score (nSPS) is 10.4. The van der Waals surface area contributed by atoms with Gasteiger partial charge >= 0.3 is 0 Å². The summed E-state index contributed by atoms with van der Waals surface area (Å²) in [5, 5.41) is 12.1. The average Bonchev–Trinajstić information content (AvgIpc) is 2.26. The van der Waals surface area contributed by atoms with Crippen molar-refractivity contribution in [2.24, 2.45) is 0 Å². The van der Waals surface area contributed by atoms with Gasteiger partial charge in [-0.2, -0.15) is 0 Å². The van der Waals surface area contributed by atoms with E-state index in [1.54, 1.807) is 6.07 Å². The Bertz CT molecular complexity index is 323. The molecule has 0 bridgehead atoms. The molecule has 16 heavy (non-hydrogen) atoms. The van der Waals surface area contributed by atoms with Gasteiger partial charge in [-0.25, -0.2) is 9.97 Å². The standard InChI is InChI=1S/C10H16ClN3O2/c1-2-16-7-10-13-8(11)6-9(14-10)12-4-3-5-15/h6,15H,2-5,7H2,1H3,(H,12,13,14). The lowest BCUT2D eigenvalue weighted by molar-refractivity contribution is 0.128. The third-order valence-corrected chi connectivity index (χ3v) is 2.01. The predicted molar refractivity (Wildman–Crippen MR) is 62.6 cm³/mol. The molecule has 1 rings (SSSR count). The van der Waals surface area contributed by atoms with E-state index >= 15 is 0 Å². The predicted octanol–water partition coefficient (Wildman–Crippen LogP) is 1.46. The summed E-state index contributed by atoms with van der Waals surface area (Å²) in [5.41, 5.74) is 0.